The fraction of sp³-hybridized carbons (Fsp3) is 0.833. The van der Waals surface area contributed by atoms with Crippen LogP contribution in [0.5, 0.6) is 0 Å². The summed E-state index contributed by atoms with van der Waals surface area (Å²) < 4.78 is 0. The van der Waals surface area contributed by atoms with E-state index in [0.29, 0.717) is 6.54 Å². The van der Waals surface area contributed by atoms with Gasteiger partial charge in [-0.15, -0.1) is 0 Å². The van der Waals surface area contributed by atoms with Gasteiger partial charge in [0.1, 0.15) is 0 Å². The number of aliphatic carboxylic acids is 1. The predicted octanol–water partition coefficient (Wildman–Crippen LogP) is 0.500. The van der Waals surface area contributed by atoms with Gasteiger partial charge in [0.2, 0.25) is 5.91 Å². The maximum absolute atomic E-state index is 11.8. The third-order valence-corrected chi connectivity index (χ3v) is 3.95. The van der Waals surface area contributed by atoms with Crippen LogP contribution in [0, 0.1) is 5.41 Å². The number of carboxylic acids is 1. The lowest BCUT2D eigenvalue weighted by Gasteiger charge is -2.41. The summed E-state index contributed by atoms with van der Waals surface area (Å²) in [6, 6.07) is -0.0723. The average molecular weight is 240 g/mol. The van der Waals surface area contributed by atoms with Crippen molar-refractivity contribution in [2.75, 3.05) is 13.1 Å². The van der Waals surface area contributed by atoms with E-state index in [4.69, 9.17) is 5.11 Å². The summed E-state index contributed by atoms with van der Waals surface area (Å²) in [5.74, 6) is -0.739. The molecular formula is C12H20N2O3. The molecule has 2 fully saturated rings. The minimum absolute atomic E-state index is 0.0270. The Morgan fingerprint density at radius 2 is 2.12 bits per heavy atom. The molecule has 1 amide bonds. The molecule has 17 heavy (non-hydrogen) atoms. The number of carbonyl (C=O) groups excluding carboxylic acids is 1. The van der Waals surface area contributed by atoms with Gasteiger partial charge in [0.15, 0.2) is 0 Å². The third-order valence-electron chi connectivity index (χ3n) is 3.95. The smallest absolute Gasteiger partial charge is 0.303 e. The number of carboxylic acid groups (broad SMARTS) is 1. The second-order valence-corrected chi connectivity index (χ2v) is 5.29. The fourth-order valence-corrected chi connectivity index (χ4v) is 2.72. The first-order valence-corrected chi connectivity index (χ1v) is 6.34. The zero-order valence-electron chi connectivity index (χ0n) is 10.00. The lowest BCUT2D eigenvalue weighted by molar-refractivity contribution is -0.142. The van der Waals surface area contributed by atoms with Crippen LogP contribution >= 0.6 is 0 Å². The summed E-state index contributed by atoms with van der Waals surface area (Å²) in [6.45, 7) is 1.41. The predicted molar refractivity (Wildman–Crippen MR) is 62.6 cm³/mol. The summed E-state index contributed by atoms with van der Waals surface area (Å²) in [5, 5.41) is 14.9. The molecule has 1 saturated heterocycles. The zero-order chi connectivity index (χ0) is 12.3. The molecule has 1 aliphatic heterocycles. The van der Waals surface area contributed by atoms with E-state index in [2.05, 4.69) is 10.6 Å². The van der Waals surface area contributed by atoms with Gasteiger partial charge < -0.3 is 15.7 Å². The molecule has 0 aromatic heterocycles. The zero-order valence-corrected chi connectivity index (χ0v) is 10.00. The normalized spacial score (nSPS) is 26.2. The molecule has 2 rings (SSSR count). The van der Waals surface area contributed by atoms with Crippen molar-refractivity contribution in [3.05, 3.63) is 0 Å². The van der Waals surface area contributed by atoms with E-state index in [1.165, 1.54) is 0 Å². The molecule has 0 unspecified atom stereocenters. The largest absolute Gasteiger partial charge is 0.481 e. The fourth-order valence-electron chi connectivity index (χ4n) is 2.72. The number of carbonyl (C=O) groups is 2. The van der Waals surface area contributed by atoms with Crippen LogP contribution in [0.25, 0.3) is 0 Å². The first kappa shape index (κ1) is 12.4. The molecule has 0 spiro atoms. The van der Waals surface area contributed by atoms with E-state index in [-0.39, 0.29) is 23.8 Å². The summed E-state index contributed by atoms with van der Waals surface area (Å²) in [4.78, 5) is 22.6. The highest BCUT2D eigenvalue weighted by atomic mass is 16.4. The number of nitrogens with one attached hydrogen (secondary N) is 2. The van der Waals surface area contributed by atoms with Crippen molar-refractivity contribution >= 4 is 11.9 Å². The summed E-state index contributed by atoms with van der Waals surface area (Å²) >= 11 is 0. The highest BCUT2D eigenvalue weighted by molar-refractivity contribution is 5.82. The molecule has 0 radical (unpaired) electrons. The first-order valence-electron chi connectivity index (χ1n) is 6.34. The van der Waals surface area contributed by atoms with Crippen LogP contribution in [0.3, 0.4) is 0 Å². The van der Waals surface area contributed by atoms with Crippen LogP contribution < -0.4 is 10.6 Å². The van der Waals surface area contributed by atoms with Gasteiger partial charge in [-0.05, 0) is 37.6 Å². The highest BCUT2D eigenvalue weighted by Gasteiger charge is 2.39. The quantitative estimate of drug-likeness (QED) is 0.654. The van der Waals surface area contributed by atoms with Crippen molar-refractivity contribution in [2.24, 2.45) is 5.41 Å². The Balaban J connectivity index is 1.79. The van der Waals surface area contributed by atoms with E-state index in [0.717, 1.165) is 38.6 Å². The summed E-state index contributed by atoms with van der Waals surface area (Å²) in [7, 11) is 0. The van der Waals surface area contributed by atoms with Crippen molar-refractivity contribution in [1.82, 2.24) is 10.6 Å². The number of hydrogen-bond acceptors (Lipinski definition) is 3. The van der Waals surface area contributed by atoms with Gasteiger partial charge in [-0.2, -0.15) is 0 Å². The lowest BCUT2D eigenvalue weighted by Crippen LogP contribution is -2.48. The Kier molecular flexibility index (Phi) is 3.66. The van der Waals surface area contributed by atoms with Crippen LogP contribution in [0.1, 0.15) is 38.5 Å². The maximum atomic E-state index is 11.8. The third kappa shape index (κ3) is 2.97. The van der Waals surface area contributed by atoms with Gasteiger partial charge in [0, 0.05) is 6.54 Å². The topological polar surface area (TPSA) is 78.4 Å². The molecule has 2 aliphatic rings. The molecular weight excluding hydrogens is 220 g/mol. The van der Waals surface area contributed by atoms with Gasteiger partial charge in [0.25, 0.3) is 0 Å². The van der Waals surface area contributed by atoms with Crippen molar-refractivity contribution < 1.29 is 14.7 Å². The van der Waals surface area contributed by atoms with E-state index >= 15 is 0 Å². The molecule has 0 bridgehead atoms. The number of rotatable bonds is 5. The van der Waals surface area contributed by atoms with E-state index in [1.807, 2.05) is 0 Å². The minimum atomic E-state index is -0.766. The minimum Gasteiger partial charge on any atom is -0.481 e. The number of hydrogen-bond donors (Lipinski definition) is 3. The molecule has 3 N–H and O–H groups in total. The Morgan fingerprint density at radius 3 is 2.59 bits per heavy atom. The highest BCUT2D eigenvalue weighted by Crippen LogP contribution is 2.43. The van der Waals surface area contributed by atoms with Crippen molar-refractivity contribution in [2.45, 2.75) is 44.6 Å². The molecule has 0 aromatic carbocycles. The lowest BCUT2D eigenvalue weighted by atomic mass is 9.66. The Bertz CT molecular complexity index is 307. The molecule has 1 atom stereocenters. The second kappa shape index (κ2) is 5.04. The van der Waals surface area contributed by atoms with Crippen molar-refractivity contribution in [1.29, 1.82) is 0 Å². The Morgan fingerprint density at radius 1 is 1.35 bits per heavy atom. The SMILES string of the molecule is O=C(O)CC1(CNC(=O)[C@@H]2CCCN2)CCC1. The van der Waals surface area contributed by atoms with Gasteiger partial charge in [-0.25, -0.2) is 0 Å². The molecule has 1 saturated carbocycles. The van der Waals surface area contributed by atoms with Crippen molar-refractivity contribution in [3.63, 3.8) is 0 Å². The summed E-state index contributed by atoms with van der Waals surface area (Å²) in [5.41, 5.74) is -0.180. The molecule has 1 aliphatic carbocycles. The summed E-state index contributed by atoms with van der Waals surface area (Å²) in [6.07, 6.45) is 5.00. The number of amides is 1. The standard InChI is InChI=1S/C12H20N2O3/c15-10(16)7-12(4-2-5-12)8-14-11(17)9-3-1-6-13-9/h9,13H,1-8H2,(H,14,17)(H,15,16)/t9-/m0/s1. The van der Waals surface area contributed by atoms with Gasteiger partial charge in [0.05, 0.1) is 12.5 Å². The molecule has 5 heteroatoms. The van der Waals surface area contributed by atoms with E-state index in [1.54, 1.807) is 0 Å². The Hall–Kier alpha value is -1.10. The Labute approximate surface area is 101 Å². The average Bonchev–Trinajstić information content (AvgIpc) is 2.74. The maximum Gasteiger partial charge on any atom is 0.303 e. The van der Waals surface area contributed by atoms with Gasteiger partial charge >= 0.3 is 5.97 Å². The molecule has 96 valence electrons. The van der Waals surface area contributed by atoms with Crippen LogP contribution in [-0.4, -0.2) is 36.1 Å². The van der Waals surface area contributed by atoms with Crippen LogP contribution in [0.4, 0.5) is 0 Å². The van der Waals surface area contributed by atoms with Gasteiger partial charge in [-0.3, -0.25) is 9.59 Å². The monoisotopic (exact) mass is 240 g/mol. The second-order valence-electron chi connectivity index (χ2n) is 5.29. The van der Waals surface area contributed by atoms with Crippen LogP contribution in [0.15, 0.2) is 0 Å². The van der Waals surface area contributed by atoms with E-state index in [9.17, 15) is 9.59 Å². The van der Waals surface area contributed by atoms with Gasteiger partial charge in [-0.1, -0.05) is 6.42 Å². The molecule has 1 heterocycles. The first-order chi connectivity index (χ1) is 8.11. The van der Waals surface area contributed by atoms with Crippen molar-refractivity contribution in [3.8, 4) is 0 Å². The molecule has 5 nitrogen and oxygen atoms in total. The van der Waals surface area contributed by atoms with E-state index < -0.39 is 5.97 Å². The van der Waals surface area contributed by atoms with Crippen LogP contribution in [0.2, 0.25) is 0 Å². The molecule has 0 aromatic rings. The van der Waals surface area contributed by atoms with Crippen LogP contribution in [-0.2, 0) is 9.59 Å².